The number of benzene rings is 1. The van der Waals surface area contributed by atoms with E-state index in [4.69, 9.17) is 4.74 Å². The zero-order chi connectivity index (χ0) is 18.1. The quantitative estimate of drug-likeness (QED) is 0.438. The molecule has 0 heterocycles. The van der Waals surface area contributed by atoms with Gasteiger partial charge in [-0.2, -0.15) is 0 Å². The van der Waals surface area contributed by atoms with Crippen LogP contribution in [0.1, 0.15) is 52.4 Å². The van der Waals surface area contributed by atoms with Crippen LogP contribution in [0.3, 0.4) is 0 Å². The molecule has 0 aliphatic heterocycles. The molecule has 0 fully saturated rings. The number of para-hydroxylation sites is 1. The molecule has 0 radical (unpaired) electrons. The molecule has 138 valence electrons. The van der Waals surface area contributed by atoms with Crippen molar-refractivity contribution in [3.63, 3.8) is 0 Å². The van der Waals surface area contributed by atoms with Crippen molar-refractivity contribution in [3.8, 4) is 5.75 Å². The summed E-state index contributed by atoms with van der Waals surface area (Å²) in [5, 5.41) is 41.6. The molecule has 0 aliphatic rings. The van der Waals surface area contributed by atoms with E-state index in [9.17, 15) is 20.4 Å². The van der Waals surface area contributed by atoms with Crippen LogP contribution < -0.4 is 4.74 Å². The van der Waals surface area contributed by atoms with Gasteiger partial charge in [0.2, 0.25) is 0 Å². The second-order valence-corrected chi connectivity index (χ2v) is 6.38. The van der Waals surface area contributed by atoms with Crippen LogP contribution in [0.4, 0.5) is 0 Å². The molecule has 0 amide bonds. The van der Waals surface area contributed by atoms with E-state index in [1.807, 2.05) is 6.07 Å². The summed E-state index contributed by atoms with van der Waals surface area (Å²) in [6.07, 6.45) is 3.29. The number of aliphatic hydroxyl groups excluding tert-OH is 2. The molecule has 24 heavy (non-hydrogen) atoms. The van der Waals surface area contributed by atoms with E-state index in [-0.39, 0.29) is 6.42 Å². The van der Waals surface area contributed by atoms with E-state index in [0.717, 1.165) is 25.7 Å². The molecule has 0 saturated heterocycles. The van der Waals surface area contributed by atoms with Crippen LogP contribution in [0.15, 0.2) is 30.3 Å². The predicted octanol–water partition coefficient (Wildman–Crippen LogP) is 2.26. The van der Waals surface area contributed by atoms with Gasteiger partial charge >= 0.3 is 0 Å². The summed E-state index contributed by atoms with van der Waals surface area (Å²) in [5.41, 5.74) is -3.48. The molecular weight excluding hydrogens is 308 g/mol. The minimum atomic E-state index is -1.95. The highest BCUT2D eigenvalue weighted by Crippen LogP contribution is 2.35. The lowest BCUT2D eigenvalue weighted by atomic mass is 9.74. The number of aliphatic hydroxyl groups is 4. The molecule has 3 unspecified atom stereocenters. The number of hydrogen-bond donors (Lipinski definition) is 4. The average Bonchev–Trinajstić information content (AvgIpc) is 2.63. The Balaban J connectivity index is 2.95. The van der Waals surface area contributed by atoms with E-state index in [1.165, 1.54) is 0 Å². The van der Waals surface area contributed by atoms with Gasteiger partial charge in [-0.05, 0) is 25.0 Å². The largest absolute Gasteiger partial charge is 0.485 e. The third kappa shape index (κ3) is 4.93. The van der Waals surface area contributed by atoms with Crippen molar-refractivity contribution in [2.24, 2.45) is 0 Å². The number of ether oxygens (including phenoxy) is 1. The van der Waals surface area contributed by atoms with Gasteiger partial charge in [-0.1, -0.05) is 57.7 Å². The van der Waals surface area contributed by atoms with Crippen LogP contribution in [0, 0.1) is 0 Å². The first-order chi connectivity index (χ1) is 11.5. The Hall–Kier alpha value is -1.14. The molecule has 0 aliphatic carbocycles. The molecule has 5 nitrogen and oxygen atoms in total. The van der Waals surface area contributed by atoms with Crippen LogP contribution in [-0.4, -0.2) is 50.9 Å². The predicted molar refractivity (Wildman–Crippen MR) is 94.0 cm³/mol. The number of unbranched alkanes of at least 4 members (excludes halogenated alkanes) is 3. The average molecular weight is 340 g/mol. The Morgan fingerprint density at radius 3 is 2.17 bits per heavy atom. The summed E-state index contributed by atoms with van der Waals surface area (Å²) in [6.45, 7) is 2.66. The monoisotopic (exact) mass is 340 g/mol. The Labute approximate surface area is 144 Å². The molecule has 3 atom stereocenters. The van der Waals surface area contributed by atoms with Crippen LogP contribution >= 0.6 is 0 Å². The van der Waals surface area contributed by atoms with Gasteiger partial charge in [0, 0.05) is 0 Å². The Morgan fingerprint density at radius 1 is 1.00 bits per heavy atom. The SMILES string of the molecule is CCCCCCC(O)(CC)C(O)(CO)C(CO)Oc1ccccc1. The molecule has 5 heteroatoms. The van der Waals surface area contributed by atoms with Crippen molar-refractivity contribution in [2.45, 2.75) is 69.7 Å². The molecular formula is C19H32O5. The summed E-state index contributed by atoms with van der Waals surface area (Å²) >= 11 is 0. The Morgan fingerprint density at radius 2 is 1.67 bits per heavy atom. The Kier molecular flexibility index (Phi) is 8.70. The zero-order valence-corrected chi connectivity index (χ0v) is 14.8. The van der Waals surface area contributed by atoms with Crippen molar-refractivity contribution >= 4 is 0 Å². The minimum Gasteiger partial charge on any atom is -0.485 e. The minimum absolute atomic E-state index is 0.255. The molecule has 0 bridgehead atoms. The van der Waals surface area contributed by atoms with E-state index in [0.29, 0.717) is 12.2 Å². The maximum Gasteiger partial charge on any atom is 0.155 e. The lowest BCUT2D eigenvalue weighted by Gasteiger charge is -2.46. The molecule has 1 aromatic rings. The van der Waals surface area contributed by atoms with Crippen LogP contribution in [0.25, 0.3) is 0 Å². The van der Waals surface area contributed by atoms with E-state index >= 15 is 0 Å². The summed E-state index contributed by atoms with van der Waals surface area (Å²) in [4.78, 5) is 0. The fourth-order valence-corrected chi connectivity index (χ4v) is 3.04. The van der Waals surface area contributed by atoms with Crippen LogP contribution in [0.5, 0.6) is 5.75 Å². The number of hydrogen-bond acceptors (Lipinski definition) is 5. The summed E-state index contributed by atoms with van der Waals surface area (Å²) in [7, 11) is 0. The first kappa shape index (κ1) is 20.9. The van der Waals surface area contributed by atoms with Gasteiger partial charge in [-0.25, -0.2) is 0 Å². The molecule has 1 rings (SSSR count). The normalized spacial score (nSPS) is 17.8. The fourth-order valence-electron chi connectivity index (χ4n) is 3.04. The third-order valence-electron chi connectivity index (χ3n) is 4.80. The van der Waals surface area contributed by atoms with E-state index in [1.54, 1.807) is 31.2 Å². The van der Waals surface area contributed by atoms with Crippen LogP contribution in [0.2, 0.25) is 0 Å². The maximum atomic E-state index is 11.0. The molecule has 1 aromatic carbocycles. The molecule has 0 saturated carbocycles. The van der Waals surface area contributed by atoms with Gasteiger partial charge in [-0.3, -0.25) is 0 Å². The van der Waals surface area contributed by atoms with Gasteiger partial charge in [-0.15, -0.1) is 0 Å². The zero-order valence-electron chi connectivity index (χ0n) is 14.8. The smallest absolute Gasteiger partial charge is 0.155 e. The summed E-state index contributed by atoms with van der Waals surface area (Å²) in [5.74, 6) is 0.466. The van der Waals surface area contributed by atoms with Crippen molar-refractivity contribution in [2.75, 3.05) is 13.2 Å². The Bertz CT molecular complexity index is 452. The van der Waals surface area contributed by atoms with Crippen molar-refractivity contribution < 1.29 is 25.2 Å². The topological polar surface area (TPSA) is 90.2 Å². The van der Waals surface area contributed by atoms with Crippen LogP contribution in [-0.2, 0) is 0 Å². The lowest BCUT2D eigenvalue weighted by Crippen LogP contribution is -2.66. The van der Waals surface area contributed by atoms with Crippen molar-refractivity contribution in [3.05, 3.63) is 30.3 Å². The first-order valence-corrected chi connectivity index (χ1v) is 8.85. The summed E-state index contributed by atoms with van der Waals surface area (Å²) in [6, 6.07) is 8.78. The van der Waals surface area contributed by atoms with Gasteiger partial charge in [0.15, 0.2) is 11.7 Å². The highest BCUT2D eigenvalue weighted by Gasteiger charge is 2.53. The van der Waals surface area contributed by atoms with Gasteiger partial charge in [0.05, 0.1) is 18.8 Å². The molecule has 0 spiro atoms. The van der Waals surface area contributed by atoms with Gasteiger partial charge < -0.3 is 25.2 Å². The second-order valence-electron chi connectivity index (χ2n) is 6.38. The highest BCUT2D eigenvalue weighted by atomic mass is 16.5. The third-order valence-corrected chi connectivity index (χ3v) is 4.80. The van der Waals surface area contributed by atoms with Crippen molar-refractivity contribution in [1.82, 2.24) is 0 Å². The standard InChI is InChI=1S/C19H32O5/c1-3-5-6-10-13-18(22,4-2)19(23,15-21)17(14-20)24-16-11-8-7-9-12-16/h7-9,11-12,17,20-23H,3-6,10,13-15H2,1-2H3. The molecule has 4 N–H and O–H groups in total. The highest BCUT2D eigenvalue weighted by molar-refractivity contribution is 5.22. The second kappa shape index (κ2) is 9.99. The van der Waals surface area contributed by atoms with E-state index in [2.05, 4.69) is 6.92 Å². The molecule has 0 aromatic heterocycles. The van der Waals surface area contributed by atoms with Gasteiger partial charge in [0.25, 0.3) is 0 Å². The lowest BCUT2D eigenvalue weighted by molar-refractivity contribution is -0.224. The van der Waals surface area contributed by atoms with Gasteiger partial charge in [0.1, 0.15) is 5.75 Å². The fraction of sp³-hybridized carbons (Fsp3) is 0.684. The van der Waals surface area contributed by atoms with E-state index < -0.39 is 30.5 Å². The first-order valence-electron chi connectivity index (χ1n) is 8.85. The summed E-state index contributed by atoms with van der Waals surface area (Å²) < 4.78 is 5.68. The maximum absolute atomic E-state index is 11.0. The van der Waals surface area contributed by atoms with Crippen molar-refractivity contribution in [1.29, 1.82) is 0 Å². The number of rotatable bonds is 12.